The molecule has 0 unspecified atom stereocenters. The molecular formula is C17H18INO. The number of hydrogen-bond acceptors (Lipinski definition) is 1. The van der Waals surface area contributed by atoms with Gasteiger partial charge in [0.25, 0.3) is 0 Å². The summed E-state index contributed by atoms with van der Waals surface area (Å²) in [7, 11) is 0. The molecule has 0 radical (unpaired) electrons. The maximum atomic E-state index is 12.6. The van der Waals surface area contributed by atoms with Gasteiger partial charge in [0.05, 0.1) is 5.41 Å². The second kappa shape index (κ2) is 5.95. The van der Waals surface area contributed by atoms with Gasteiger partial charge in [-0.2, -0.15) is 0 Å². The largest absolute Gasteiger partial charge is 0.325 e. The van der Waals surface area contributed by atoms with Crippen LogP contribution in [0.4, 0.5) is 5.69 Å². The highest BCUT2D eigenvalue weighted by molar-refractivity contribution is 14.1. The van der Waals surface area contributed by atoms with E-state index >= 15 is 0 Å². The zero-order valence-electron chi connectivity index (χ0n) is 11.9. The molecule has 1 N–H and O–H groups in total. The van der Waals surface area contributed by atoms with Gasteiger partial charge >= 0.3 is 0 Å². The van der Waals surface area contributed by atoms with Crippen LogP contribution in [-0.4, -0.2) is 5.91 Å². The van der Waals surface area contributed by atoms with E-state index in [1.165, 1.54) is 3.57 Å². The summed E-state index contributed by atoms with van der Waals surface area (Å²) >= 11 is 2.27. The molecule has 2 nitrogen and oxygen atoms in total. The van der Waals surface area contributed by atoms with E-state index in [9.17, 15) is 4.79 Å². The molecule has 0 fully saturated rings. The number of carbonyl (C=O) groups excluding carboxylic acids is 1. The van der Waals surface area contributed by atoms with E-state index in [2.05, 4.69) is 34.0 Å². The minimum atomic E-state index is -0.559. The van der Waals surface area contributed by atoms with E-state index in [1.807, 2.05) is 63.2 Å². The first-order chi connectivity index (χ1) is 9.41. The van der Waals surface area contributed by atoms with E-state index in [-0.39, 0.29) is 5.91 Å². The average Bonchev–Trinajstić information content (AvgIpc) is 2.42. The third-order valence-electron chi connectivity index (χ3n) is 3.50. The Bertz CT molecular complexity index is 620. The number of rotatable bonds is 3. The van der Waals surface area contributed by atoms with E-state index in [4.69, 9.17) is 0 Å². The van der Waals surface area contributed by atoms with Crippen molar-refractivity contribution >= 4 is 34.2 Å². The average molecular weight is 379 g/mol. The van der Waals surface area contributed by atoms with Gasteiger partial charge in [-0.15, -0.1) is 0 Å². The third-order valence-corrected chi connectivity index (χ3v) is 4.17. The highest BCUT2D eigenvalue weighted by Crippen LogP contribution is 2.26. The number of amides is 1. The molecule has 0 aliphatic heterocycles. The van der Waals surface area contributed by atoms with E-state index in [0.29, 0.717) is 0 Å². The van der Waals surface area contributed by atoms with Crippen LogP contribution in [0.15, 0.2) is 48.5 Å². The lowest BCUT2D eigenvalue weighted by molar-refractivity contribution is -0.120. The quantitative estimate of drug-likeness (QED) is 0.781. The third kappa shape index (κ3) is 3.20. The Balaban J connectivity index is 2.23. The lowest BCUT2D eigenvalue weighted by atomic mass is 9.83. The van der Waals surface area contributed by atoms with Crippen molar-refractivity contribution in [1.29, 1.82) is 0 Å². The molecule has 0 spiro atoms. The van der Waals surface area contributed by atoms with Crippen LogP contribution in [0.3, 0.4) is 0 Å². The zero-order chi connectivity index (χ0) is 14.8. The normalized spacial score (nSPS) is 11.2. The number of carbonyl (C=O) groups is 1. The summed E-state index contributed by atoms with van der Waals surface area (Å²) in [6, 6.07) is 15.9. The van der Waals surface area contributed by atoms with Crippen LogP contribution in [0.2, 0.25) is 0 Å². The first-order valence-corrected chi connectivity index (χ1v) is 7.62. The maximum absolute atomic E-state index is 12.6. The first-order valence-electron chi connectivity index (χ1n) is 6.54. The molecule has 1 amide bonds. The van der Waals surface area contributed by atoms with Crippen LogP contribution < -0.4 is 5.32 Å². The molecule has 0 bridgehead atoms. The summed E-state index contributed by atoms with van der Waals surface area (Å²) in [6.45, 7) is 5.90. The van der Waals surface area contributed by atoms with Gasteiger partial charge in [0.2, 0.25) is 5.91 Å². The van der Waals surface area contributed by atoms with Crippen molar-refractivity contribution in [3.8, 4) is 0 Å². The van der Waals surface area contributed by atoms with Gasteiger partial charge in [-0.25, -0.2) is 0 Å². The minimum absolute atomic E-state index is 0.00741. The summed E-state index contributed by atoms with van der Waals surface area (Å²) in [5.74, 6) is 0.00741. The van der Waals surface area contributed by atoms with Gasteiger partial charge in [0.1, 0.15) is 0 Å². The van der Waals surface area contributed by atoms with E-state index in [1.54, 1.807) is 0 Å². The van der Waals surface area contributed by atoms with Crippen molar-refractivity contribution < 1.29 is 4.79 Å². The Hall–Kier alpha value is -1.36. The Labute approximate surface area is 133 Å². The molecule has 3 heteroatoms. The molecular weight excluding hydrogens is 361 g/mol. The predicted octanol–water partition coefficient (Wildman–Crippen LogP) is 4.52. The molecule has 0 atom stereocenters. The number of anilines is 1. The van der Waals surface area contributed by atoms with Gasteiger partial charge in [-0.05, 0) is 72.7 Å². The van der Waals surface area contributed by atoms with Crippen LogP contribution in [-0.2, 0) is 10.2 Å². The van der Waals surface area contributed by atoms with Gasteiger partial charge in [-0.3, -0.25) is 4.79 Å². The number of hydrogen-bond donors (Lipinski definition) is 1. The second-order valence-electron chi connectivity index (χ2n) is 5.40. The van der Waals surface area contributed by atoms with Crippen molar-refractivity contribution in [2.24, 2.45) is 0 Å². The van der Waals surface area contributed by atoms with Gasteiger partial charge in [0.15, 0.2) is 0 Å². The summed E-state index contributed by atoms with van der Waals surface area (Å²) in [4.78, 5) is 12.6. The van der Waals surface area contributed by atoms with Gasteiger partial charge in [-0.1, -0.05) is 30.3 Å². The smallest absolute Gasteiger partial charge is 0.234 e. The standard InChI is InChI=1S/C17H18INO/c1-12-11-14(18)9-10-15(12)19-16(20)17(2,3)13-7-5-4-6-8-13/h4-11H,1-3H3,(H,19,20). The van der Waals surface area contributed by atoms with Crippen molar-refractivity contribution in [3.63, 3.8) is 0 Å². The fraction of sp³-hybridized carbons (Fsp3) is 0.235. The Morgan fingerprint density at radius 2 is 1.75 bits per heavy atom. The first kappa shape index (κ1) is 15.0. The van der Waals surface area contributed by atoms with Gasteiger partial charge < -0.3 is 5.32 Å². The zero-order valence-corrected chi connectivity index (χ0v) is 14.1. The predicted molar refractivity (Wildman–Crippen MR) is 92.0 cm³/mol. The Kier molecular flexibility index (Phi) is 4.48. The molecule has 0 heterocycles. The molecule has 2 rings (SSSR count). The van der Waals surface area contributed by atoms with Crippen molar-refractivity contribution in [1.82, 2.24) is 0 Å². The molecule has 0 aliphatic rings. The summed E-state index contributed by atoms with van der Waals surface area (Å²) in [5, 5.41) is 3.03. The van der Waals surface area contributed by atoms with Crippen molar-refractivity contribution in [2.75, 3.05) is 5.32 Å². The fourth-order valence-electron chi connectivity index (χ4n) is 2.03. The lowest BCUT2D eigenvalue weighted by Gasteiger charge is -2.24. The Morgan fingerprint density at radius 1 is 1.10 bits per heavy atom. The highest BCUT2D eigenvalue weighted by Gasteiger charge is 2.29. The molecule has 0 aromatic heterocycles. The van der Waals surface area contributed by atoms with Crippen LogP contribution in [0.5, 0.6) is 0 Å². The van der Waals surface area contributed by atoms with Gasteiger partial charge in [0, 0.05) is 9.26 Å². The van der Waals surface area contributed by atoms with E-state index in [0.717, 1.165) is 16.8 Å². The van der Waals surface area contributed by atoms with E-state index < -0.39 is 5.41 Å². The van der Waals surface area contributed by atoms with Crippen LogP contribution in [0.1, 0.15) is 25.0 Å². The number of benzene rings is 2. The molecule has 0 saturated carbocycles. The molecule has 2 aromatic rings. The summed E-state index contributed by atoms with van der Waals surface area (Å²) in [5.41, 5.74) is 2.41. The molecule has 0 saturated heterocycles. The fourth-order valence-corrected chi connectivity index (χ4v) is 2.68. The van der Waals surface area contributed by atoms with Crippen LogP contribution in [0.25, 0.3) is 0 Å². The molecule has 20 heavy (non-hydrogen) atoms. The topological polar surface area (TPSA) is 29.1 Å². The SMILES string of the molecule is Cc1cc(I)ccc1NC(=O)C(C)(C)c1ccccc1. The second-order valence-corrected chi connectivity index (χ2v) is 6.65. The molecule has 104 valence electrons. The minimum Gasteiger partial charge on any atom is -0.325 e. The van der Waals surface area contributed by atoms with Crippen molar-refractivity contribution in [2.45, 2.75) is 26.2 Å². The molecule has 0 aliphatic carbocycles. The monoisotopic (exact) mass is 379 g/mol. The number of nitrogens with one attached hydrogen (secondary N) is 1. The number of aryl methyl sites for hydroxylation is 1. The maximum Gasteiger partial charge on any atom is 0.234 e. The van der Waals surface area contributed by atoms with Crippen LogP contribution >= 0.6 is 22.6 Å². The summed E-state index contributed by atoms with van der Waals surface area (Å²) in [6.07, 6.45) is 0. The Morgan fingerprint density at radius 3 is 2.35 bits per heavy atom. The summed E-state index contributed by atoms with van der Waals surface area (Å²) < 4.78 is 1.17. The molecule has 2 aromatic carbocycles. The lowest BCUT2D eigenvalue weighted by Crippen LogP contribution is -2.34. The highest BCUT2D eigenvalue weighted by atomic mass is 127. The number of halogens is 1. The van der Waals surface area contributed by atoms with Crippen LogP contribution in [0, 0.1) is 10.5 Å². The van der Waals surface area contributed by atoms with Crippen molar-refractivity contribution in [3.05, 3.63) is 63.2 Å².